The summed E-state index contributed by atoms with van der Waals surface area (Å²) < 4.78 is 0. The maximum Gasteiger partial charge on any atom is 0.273 e. The SMILES string of the molecule is CC1(C)CC(NC(=O)c2nccc(C3CCCC3)c2O)CC(C)(C)C1. The van der Waals surface area contributed by atoms with Gasteiger partial charge in [-0.1, -0.05) is 40.5 Å². The Balaban J connectivity index is 1.76. The summed E-state index contributed by atoms with van der Waals surface area (Å²) in [4.78, 5) is 17.0. The zero-order chi connectivity index (χ0) is 18.2. The predicted octanol–water partition coefficient (Wildman–Crippen LogP) is 4.78. The molecule has 1 aromatic rings. The number of carbonyl (C=O) groups is 1. The molecule has 1 heterocycles. The Morgan fingerprint density at radius 3 is 2.36 bits per heavy atom. The molecule has 0 bridgehead atoms. The second-order valence-electron chi connectivity index (χ2n) is 9.66. The Morgan fingerprint density at radius 2 is 1.76 bits per heavy atom. The van der Waals surface area contributed by atoms with Gasteiger partial charge in [0.15, 0.2) is 5.69 Å². The largest absolute Gasteiger partial charge is 0.505 e. The molecule has 1 aromatic heterocycles. The molecule has 2 aliphatic rings. The Bertz CT molecular complexity index is 629. The lowest BCUT2D eigenvalue weighted by atomic mass is 9.63. The second kappa shape index (κ2) is 6.62. The van der Waals surface area contributed by atoms with Crippen LogP contribution < -0.4 is 5.32 Å². The summed E-state index contributed by atoms with van der Waals surface area (Å²) in [6.07, 6.45) is 9.31. The molecule has 0 aromatic carbocycles. The number of aromatic hydroxyl groups is 1. The van der Waals surface area contributed by atoms with E-state index in [1.54, 1.807) is 6.20 Å². The van der Waals surface area contributed by atoms with E-state index in [9.17, 15) is 9.90 Å². The van der Waals surface area contributed by atoms with Crippen LogP contribution >= 0.6 is 0 Å². The number of pyridine rings is 1. The van der Waals surface area contributed by atoms with E-state index in [2.05, 4.69) is 38.0 Å². The number of nitrogens with one attached hydrogen (secondary N) is 1. The standard InChI is InChI=1S/C21H32N2O2/c1-20(2)11-15(12-21(3,4)13-20)23-19(25)17-18(24)16(9-10-22-17)14-7-5-6-8-14/h9-10,14-15,24H,5-8,11-13H2,1-4H3,(H,23,25). The highest BCUT2D eigenvalue weighted by molar-refractivity contribution is 5.95. The minimum atomic E-state index is -0.240. The lowest BCUT2D eigenvalue weighted by Gasteiger charge is -2.45. The first-order valence-electron chi connectivity index (χ1n) is 9.66. The molecule has 3 rings (SSSR count). The third kappa shape index (κ3) is 4.16. The van der Waals surface area contributed by atoms with Crippen molar-refractivity contribution in [2.24, 2.45) is 10.8 Å². The van der Waals surface area contributed by atoms with Gasteiger partial charge in [0.1, 0.15) is 5.75 Å². The molecule has 4 heteroatoms. The zero-order valence-electron chi connectivity index (χ0n) is 16.1. The van der Waals surface area contributed by atoms with E-state index in [1.165, 1.54) is 12.8 Å². The van der Waals surface area contributed by atoms with Gasteiger partial charge in [-0.2, -0.15) is 0 Å². The highest BCUT2D eigenvalue weighted by Crippen LogP contribution is 2.46. The molecule has 25 heavy (non-hydrogen) atoms. The van der Waals surface area contributed by atoms with E-state index in [0.717, 1.165) is 37.7 Å². The van der Waals surface area contributed by atoms with Crippen LogP contribution in [0, 0.1) is 10.8 Å². The maximum atomic E-state index is 12.8. The van der Waals surface area contributed by atoms with E-state index in [-0.39, 0.29) is 34.2 Å². The van der Waals surface area contributed by atoms with Crippen molar-refractivity contribution in [3.05, 3.63) is 23.5 Å². The van der Waals surface area contributed by atoms with E-state index < -0.39 is 0 Å². The summed E-state index contributed by atoms with van der Waals surface area (Å²) >= 11 is 0. The molecular formula is C21H32N2O2. The van der Waals surface area contributed by atoms with Crippen LogP contribution in [0.25, 0.3) is 0 Å². The van der Waals surface area contributed by atoms with Gasteiger partial charge < -0.3 is 10.4 Å². The van der Waals surface area contributed by atoms with Gasteiger partial charge in [0.25, 0.3) is 5.91 Å². The van der Waals surface area contributed by atoms with Crippen LogP contribution in [0.2, 0.25) is 0 Å². The monoisotopic (exact) mass is 344 g/mol. The van der Waals surface area contributed by atoms with Crippen LogP contribution in [0.1, 0.15) is 94.6 Å². The Hall–Kier alpha value is -1.58. The van der Waals surface area contributed by atoms with Crippen LogP contribution in [0.15, 0.2) is 12.3 Å². The number of carbonyl (C=O) groups excluding carboxylic acids is 1. The molecule has 0 radical (unpaired) electrons. The summed E-state index contributed by atoms with van der Waals surface area (Å²) in [5.74, 6) is 0.208. The average Bonchev–Trinajstić information content (AvgIpc) is 2.97. The van der Waals surface area contributed by atoms with Crippen molar-refractivity contribution in [3.8, 4) is 5.75 Å². The first-order valence-corrected chi connectivity index (χ1v) is 9.66. The van der Waals surface area contributed by atoms with Crippen LogP contribution in [0.4, 0.5) is 0 Å². The summed E-state index contributed by atoms with van der Waals surface area (Å²) in [6, 6.07) is 2.00. The van der Waals surface area contributed by atoms with E-state index >= 15 is 0 Å². The zero-order valence-corrected chi connectivity index (χ0v) is 16.1. The fourth-order valence-electron chi connectivity index (χ4n) is 5.40. The summed E-state index contributed by atoms with van der Waals surface area (Å²) in [6.45, 7) is 9.07. The summed E-state index contributed by atoms with van der Waals surface area (Å²) in [7, 11) is 0. The van der Waals surface area contributed by atoms with Crippen molar-refractivity contribution >= 4 is 5.91 Å². The van der Waals surface area contributed by atoms with Gasteiger partial charge in [0, 0.05) is 17.8 Å². The Labute approximate surface area is 151 Å². The molecule has 1 amide bonds. The number of aromatic nitrogens is 1. The number of amides is 1. The molecule has 2 fully saturated rings. The molecule has 4 nitrogen and oxygen atoms in total. The van der Waals surface area contributed by atoms with Gasteiger partial charge in [-0.3, -0.25) is 4.79 Å². The first-order chi connectivity index (χ1) is 11.7. The number of nitrogens with zero attached hydrogens (tertiary/aromatic N) is 1. The molecular weight excluding hydrogens is 312 g/mol. The van der Waals surface area contributed by atoms with Crippen molar-refractivity contribution in [1.82, 2.24) is 10.3 Å². The van der Waals surface area contributed by atoms with Crippen molar-refractivity contribution < 1.29 is 9.90 Å². The molecule has 0 saturated heterocycles. The summed E-state index contributed by atoms with van der Waals surface area (Å²) in [5, 5.41) is 13.8. The fraction of sp³-hybridized carbons (Fsp3) is 0.714. The molecule has 0 unspecified atom stereocenters. The molecule has 0 spiro atoms. The first kappa shape index (κ1) is 18.2. The van der Waals surface area contributed by atoms with Gasteiger partial charge >= 0.3 is 0 Å². The third-order valence-electron chi connectivity index (χ3n) is 5.86. The smallest absolute Gasteiger partial charge is 0.273 e. The van der Waals surface area contributed by atoms with Crippen LogP contribution in [-0.4, -0.2) is 22.0 Å². The van der Waals surface area contributed by atoms with Crippen molar-refractivity contribution in [2.45, 2.75) is 84.6 Å². The predicted molar refractivity (Wildman–Crippen MR) is 99.8 cm³/mol. The topological polar surface area (TPSA) is 62.2 Å². The maximum absolute atomic E-state index is 12.8. The van der Waals surface area contributed by atoms with E-state index in [0.29, 0.717) is 5.92 Å². The van der Waals surface area contributed by atoms with E-state index in [1.807, 2.05) is 6.07 Å². The molecule has 0 atom stereocenters. The average molecular weight is 344 g/mol. The minimum Gasteiger partial charge on any atom is -0.505 e. The van der Waals surface area contributed by atoms with Crippen LogP contribution in [0.5, 0.6) is 5.75 Å². The molecule has 2 N–H and O–H groups in total. The van der Waals surface area contributed by atoms with Gasteiger partial charge in [-0.15, -0.1) is 0 Å². The van der Waals surface area contributed by atoms with Gasteiger partial charge in [0.05, 0.1) is 0 Å². The number of hydrogen-bond donors (Lipinski definition) is 2. The van der Waals surface area contributed by atoms with Gasteiger partial charge in [-0.05, 0) is 54.9 Å². The van der Waals surface area contributed by atoms with Crippen LogP contribution in [0.3, 0.4) is 0 Å². The fourth-order valence-corrected chi connectivity index (χ4v) is 5.40. The van der Waals surface area contributed by atoms with E-state index in [4.69, 9.17) is 0 Å². The quantitative estimate of drug-likeness (QED) is 0.829. The van der Waals surface area contributed by atoms with Crippen molar-refractivity contribution in [3.63, 3.8) is 0 Å². The van der Waals surface area contributed by atoms with Crippen LogP contribution in [-0.2, 0) is 0 Å². The minimum absolute atomic E-state index is 0.0845. The molecule has 2 aliphatic carbocycles. The highest BCUT2D eigenvalue weighted by atomic mass is 16.3. The molecule has 2 saturated carbocycles. The lowest BCUT2D eigenvalue weighted by molar-refractivity contribution is 0.0708. The van der Waals surface area contributed by atoms with Crippen molar-refractivity contribution in [2.75, 3.05) is 0 Å². The number of hydrogen-bond acceptors (Lipinski definition) is 3. The third-order valence-corrected chi connectivity index (χ3v) is 5.86. The highest BCUT2D eigenvalue weighted by Gasteiger charge is 2.39. The summed E-state index contributed by atoms with van der Waals surface area (Å²) in [5.41, 5.74) is 1.49. The second-order valence-corrected chi connectivity index (χ2v) is 9.66. The molecule has 138 valence electrons. The number of rotatable bonds is 3. The Morgan fingerprint density at radius 1 is 1.16 bits per heavy atom. The Kier molecular flexibility index (Phi) is 4.82. The van der Waals surface area contributed by atoms with Gasteiger partial charge in [0.2, 0.25) is 0 Å². The lowest BCUT2D eigenvalue weighted by Crippen LogP contribution is -2.46. The van der Waals surface area contributed by atoms with Gasteiger partial charge in [-0.25, -0.2) is 4.98 Å². The normalized spacial score (nSPS) is 23.5. The van der Waals surface area contributed by atoms with Crippen molar-refractivity contribution in [1.29, 1.82) is 0 Å². The molecule has 0 aliphatic heterocycles.